The predicted octanol–water partition coefficient (Wildman–Crippen LogP) is 3.34. The van der Waals surface area contributed by atoms with Crippen LogP contribution in [0.15, 0.2) is 53.5 Å². The van der Waals surface area contributed by atoms with Gasteiger partial charge in [0, 0.05) is 19.7 Å². The molecule has 0 unspecified atom stereocenters. The smallest absolute Gasteiger partial charge is 0.136 e. The molecule has 0 heterocycles. The zero-order chi connectivity index (χ0) is 15.2. The summed E-state index contributed by atoms with van der Waals surface area (Å²) in [5.41, 5.74) is 1.92. The van der Waals surface area contributed by atoms with Crippen molar-refractivity contribution in [3.05, 3.63) is 54.1 Å². The Hall–Kier alpha value is -2.49. The highest BCUT2D eigenvalue weighted by molar-refractivity contribution is 6.00. The first-order valence-corrected chi connectivity index (χ1v) is 6.68. The van der Waals surface area contributed by atoms with Gasteiger partial charge in [0.15, 0.2) is 0 Å². The fourth-order valence-corrected chi connectivity index (χ4v) is 1.94. The van der Waals surface area contributed by atoms with Crippen LogP contribution in [-0.2, 0) is 0 Å². The molecule has 110 valence electrons. The van der Waals surface area contributed by atoms with Crippen LogP contribution in [0.3, 0.4) is 0 Å². The summed E-state index contributed by atoms with van der Waals surface area (Å²) in [5, 5.41) is 0. The first-order valence-electron chi connectivity index (χ1n) is 6.68. The average Bonchev–Trinajstić information content (AvgIpc) is 2.53. The van der Waals surface area contributed by atoms with E-state index in [4.69, 9.17) is 14.5 Å². The number of methoxy groups -OCH3 is 2. The Morgan fingerprint density at radius 2 is 1.29 bits per heavy atom. The minimum atomic E-state index is 0.824. The van der Waals surface area contributed by atoms with Gasteiger partial charge < -0.3 is 14.4 Å². The highest BCUT2D eigenvalue weighted by Crippen LogP contribution is 2.20. The molecule has 0 N–H and O–H groups in total. The van der Waals surface area contributed by atoms with Crippen LogP contribution >= 0.6 is 0 Å². The van der Waals surface area contributed by atoms with Gasteiger partial charge in [-0.3, -0.25) is 0 Å². The largest absolute Gasteiger partial charge is 0.497 e. The number of aliphatic imine (C=N–C) groups is 1. The summed E-state index contributed by atoms with van der Waals surface area (Å²) in [5.74, 6) is 2.55. The minimum Gasteiger partial charge on any atom is -0.497 e. The molecule has 2 aromatic rings. The summed E-state index contributed by atoms with van der Waals surface area (Å²) >= 11 is 0. The van der Waals surface area contributed by atoms with Crippen LogP contribution < -0.4 is 9.47 Å². The predicted molar refractivity (Wildman–Crippen MR) is 85.9 cm³/mol. The topological polar surface area (TPSA) is 34.1 Å². The normalized spacial score (nSPS) is 11.1. The number of rotatable bonds is 4. The number of benzene rings is 2. The molecule has 0 atom stereocenters. The summed E-state index contributed by atoms with van der Waals surface area (Å²) in [4.78, 5) is 6.70. The van der Waals surface area contributed by atoms with E-state index in [2.05, 4.69) is 0 Å². The number of amidine groups is 1. The maximum Gasteiger partial charge on any atom is 0.136 e. The molecule has 0 saturated carbocycles. The molecule has 0 aliphatic heterocycles. The van der Waals surface area contributed by atoms with Crippen LogP contribution in [0.1, 0.15) is 5.56 Å². The van der Waals surface area contributed by atoms with Gasteiger partial charge in [-0.1, -0.05) is 0 Å². The molecular formula is C17H20N2O2. The molecule has 2 aromatic carbocycles. The summed E-state index contributed by atoms with van der Waals surface area (Å²) in [7, 11) is 7.27. The SMILES string of the molecule is COc1ccc(N=C(c2ccc(OC)cc2)N(C)C)cc1. The molecule has 4 heteroatoms. The van der Waals surface area contributed by atoms with Crippen molar-refractivity contribution in [1.82, 2.24) is 4.90 Å². The molecule has 0 radical (unpaired) electrons. The van der Waals surface area contributed by atoms with Crippen molar-refractivity contribution in [2.75, 3.05) is 28.3 Å². The molecule has 0 fully saturated rings. The molecule has 0 aliphatic carbocycles. The number of nitrogens with zero attached hydrogens (tertiary/aromatic N) is 2. The number of hydrogen-bond acceptors (Lipinski definition) is 3. The molecule has 0 aromatic heterocycles. The van der Waals surface area contributed by atoms with Gasteiger partial charge in [0.2, 0.25) is 0 Å². The van der Waals surface area contributed by atoms with Gasteiger partial charge in [-0.2, -0.15) is 0 Å². The van der Waals surface area contributed by atoms with E-state index in [0.717, 1.165) is 28.6 Å². The maximum absolute atomic E-state index is 5.19. The Morgan fingerprint density at radius 3 is 1.71 bits per heavy atom. The van der Waals surface area contributed by atoms with Crippen molar-refractivity contribution in [1.29, 1.82) is 0 Å². The summed E-state index contributed by atoms with van der Waals surface area (Å²) in [6.07, 6.45) is 0. The summed E-state index contributed by atoms with van der Waals surface area (Å²) in [6, 6.07) is 15.5. The second kappa shape index (κ2) is 6.79. The molecule has 2 rings (SSSR count). The van der Waals surface area contributed by atoms with Gasteiger partial charge in [0.1, 0.15) is 17.3 Å². The van der Waals surface area contributed by atoms with Crippen molar-refractivity contribution in [3.8, 4) is 11.5 Å². The van der Waals surface area contributed by atoms with Crippen LogP contribution in [0, 0.1) is 0 Å². The monoisotopic (exact) mass is 284 g/mol. The fraction of sp³-hybridized carbons (Fsp3) is 0.235. The molecule has 4 nitrogen and oxygen atoms in total. The Morgan fingerprint density at radius 1 is 0.810 bits per heavy atom. The highest BCUT2D eigenvalue weighted by Gasteiger charge is 2.07. The highest BCUT2D eigenvalue weighted by atomic mass is 16.5. The maximum atomic E-state index is 5.19. The van der Waals surface area contributed by atoms with Crippen LogP contribution in [0.5, 0.6) is 11.5 Å². The van der Waals surface area contributed by atoms with Crippen LogP contribution in [0.4, 0.5) is 5.69 Å². The van der Waals surface area contributed by atoms with Crippen LogP contribution in [0.2, 0.25) is 0 Å². The van der Waals surface area contributed by atoms with Crippen molar-refractivity contribution in [2.45, 2.75) is 0 Å². The number of ether oxygens (including phenoxy) is 2. The van der Waals surface area contributed by atoms with Gasteiger partial charge >= 0.3 is 0 Å². The van der Waals surface area contributed by atoms with E-state index in [1.807, 2.05) is 67.5 Å². The Labute approximate surface area is 125 Å². The summed E-state index contributed by atoms with van der Waals surface area (Å²) in [6.45, 7) is 0. The lowest BCUT2D eigenvalue weighted by Crippen LogP contribution is -2.22. The standard InChI is InChI=1S/C17H20N2O2/c1-19(2)17(13-5-9-15(20-3)10-6-13)18-14-7-11-16(21-4)12-8-14/h5-12H,1-4H3. The fourth-order valence-electron chi connectivity index (χ4n) is 1.94. The molecule has 0 spiro atoms. The van der Waals surface area contributed by atoms with Gasteiger partial charge in [0.05, 0.1) is 19.9 Å². The zero-order valence-corrected chi connectivity index (χ0v) is 12.8. The minimum absolute atomic E-state index is 0.824. The average molecular weight is 284 g/mol. The zero-order valence-electron chi connectivity index (χ0n) is 12.8. The lowest BCUT2D eigenvalue weighted by Gasteiger charge is -2.16. The van der Waals surface area contributed by atoms with E-state index in [1.165, 1.54) is 0 Å². The van der Waals surface area contributed by atoms with Crippen molar-refractivity contribution in [2.24, 2.45) is 4.99 Å². The van der Waals surface area contributed by atoms with E-state index < -0.39 is 0 Å². The van der Waals surface area contributed by atoms with E-state index in [-0.39, 0.29) is 0 Å². The molecule has 0 aliphatic rings. The summed E-state index contributed by atoms with van der Waals surface area (Å²) < 4.78 is 10.3. The Balaban J connectivity index is 2.34. The van der Waals surface area contributed by atoms with Crippen LogP contribution in [-0.4, -0.2) is 39.1 Å². The van der Waals surface area contributed by atoms with E-state index in [0.29, 0.717) is 0 Å². The lowest BCUT2D eigenvalue weighted by atomic mass is 10.2. The third kappa shape index (κ3) is 3.75. The molecule has 21 heavy (non-hydrogen) atoms. The van der Waals surface area contributed by atoms with E-state index in [9.17, 15) is 0 Å². The molecular weight excluding hydrogens is 264 g/mol. The van der Waals surface area contributed by atoms with Crippen molar-refractivity contribution < 1.29 is 9.47 Å². The first-order chi connectivity index (χ1) is 10.1. The number of hydrogen-bond donors (Lipinski definition) is 0. The van der Waals surface area contributed by atoms with Gasteiger partial charge in [-0.25, -0.2) is 4.99 Å². The third-order valence-electron chi connectivity index (χ3n) is 3.08. The Bertz CT molecular complexity index is 602. The molecule has 0 saturated heterocycles. The second-order valence-corrected chi connectivity index (χ2v) is 4.76. The first kappa shape index (κ1) is 14.9. The van der Waals surface area contributed by atoms with Crippen molar-refractivity contribution >= 4 is 11.5 Å². The second-order valence-electron chi connectivity index (χ2n) is 4.76. The quantitative estimate of drug-likeness (QED) is 0.638. The van der Waals surface area contributed by atoms with Crippen molar-refractivity contribution in [3.63, 3.8) is 0 Å². The molecule has 0 bridgehead atoms. The molecule has 0 amide bonds. The third-order valence-corrected chi connectivity index (χ3v) is 3.08. The van der Waals surface area contributed by atoms with Gasteiger partial charge in [-0.05, 0) is 48.5 Å². The van der Waals surface area contributed by atoms with Gasteiger partial charge in [-0.15, -0.1) is 0 Å². The van der Waals surface area contributed by atoms with Gasteiger partial charge in [0.25, 0.3) is 0 Å². The van der Waals surface area contributed by atoms with Crippen LogP contribution in [0.25, 0.3) is 0 Å². The van der Waals surface area contributed by atoms with E-state index in [1.54, 1.807) is 14.2 Å². The Kier molecular flexibility index (Phi) is 4.82. The van der Waals surface area contributed by atoms with E-state index >= 15 is 0 Å². The lowest BCUT2D eigenvalue weighted by molar-refractivity contribution is 0.414.